The molecule has 0 unspecified atom stereocenters. The van der Waals surface area contributed by atoms with Crippen molar-refractivity contribution in [3.8, 4) is 11.1 Å². The number of nitrogens with two attached hydrogens (primary N) is 1. The first kappa shape index (κ1) is 14.9. The number of carbonyl (C=O) groups excluding carboxylic acids is 1. The van der Waals surface area contributed by atoms with Gasteiger partial charge in [-0.3, -0.25) is 4.79 Å². The Morgan fingerprint density at radius 3 is 2.40 bits per heavy atom. The van der Waals surface area contributed by atoms with Crippen LogP contribution in [0.3, 0.4) is 0 Å². The fourth-order valence-electron chi connectivity index (χ4n) is 2.10. The SMILES string of the molecule is CCN(CC)C(=O)c1c(-c2ccc(Cl)cc2)csc1N. The minimum atomic E-state index is -0.0151. The lowest BCUT2D eigenvalue weighted by molar-refractivity contribution is 0.0775. The van der Waals surface area contributed by atoms with Crippen molar-refractivity contribution in [2.24, 2.45) is 0 Å². The number of nitrogens with zero attached hydrogens (tertiary/aromatic N) is 1. The summed E-state index contributed by atoms with van der Waals surface area (Å²) < 4.78 is 0. The van der Waals surface area contributed by atoms with Gasteiger partial charge in [-0.05, 0) is 31.5 Å². The van der Waals surface area contributed by atoms with Crippen LogP contribution in [0.5, 0.6) is 0 Å². The minimum Gasteiger partial charge on any atom is -0.390 e. The molecule has 20 heavy (non-hydrogen) atoms. The Kier molecular flexibility index (Phi) is 4.68. The molecule has 0 saturated carbocycles. The summed E-state index contributed by atoms with van der Waals surface area (Å²) >= 11 is 7.30. The standard InChI is InChI=1S/C15H17ClN2OS/c1-3-18(4-2)15(19)13-12(9-20-14(13)17)10-5-7-11(16)8-6-10/h5-9H,3-4,17H2,1-2H3. The van der Waals surface area contributed by atoms with Gasteiger partial charge in [-0.25, -0.2) is 0 Å². The Labute approximate surface area is 128 Å². The Hall–Kier alpha value is -1.52. The van der Waals surface area contributed by atoms with E-state index in [1.54, 1.807) is 4.90 Å². The summed E-state index contributed by atoms with van der Waals surface area (Å²) in [5.41, 5.74) is 8.43. The predicted molar refractivity (Wildman–Crippen MR) is 86.4 cm³/mol. The third-order valence-electron chi connectivity index (χ3n) is 3.24. The van der Waals surface area contributed by atoms with E-state index < -0.39 is 0 Å². The quantitative estimate of drug-likeness (QED) is 0.923. The molecule has 2 aromatic rings. The van der Waals surface area contributed by atoms with Crippen molar-refractivity contribution in [1.29, 1.82) is 0 Å². The van der Waals surface area contributed by atoms with Gasteiger partial charge in [-0.1, -0.05) is 23.7 Å². The van der Waals surface area contributed by atoms with Gasteiger partial charge in [-0.15, -0.1) is 11.3 Å². The second-order valence-corrected chi connectivity index (χ2v) is 5.72. The highest BCUT2D eigenvalue weighted by molar-refractivity contribution is 7.15. The van der Waals surface area contributed by atoms with E-state index in [1.165, 1.54) is 11.3 Å². The number of hydrogen-bond acceptors (Lipinski definition) is 3. The molecule has 3 nitrogen and oxygen atoms in total. The maximum Gasteiger partial charge on any atom is 0.257 e. The van der Waals surface area contributed by atoms with Gasteiger partial charge in [0.15, 0.2) is 0 Å². The van der Waals surface area contributed by atoms with Crippen molar-refractivity contribution in [1.82, 2.24) is 4.90 Å². The van der Waals surface area contributed by atoms with E-state index in [9.17, 15) is 4.79 Å². The van der Waals surface area contributed by atoms with Gasteiger partial charge in [-0.2, -0.15) is 0 Å². The Morgan fingerprint density at radius 2 is 1.85 bits per heavy atom. The molecule has 0 aliphatic rings. The first-order valence-electron chi connectivity index (χ1n) is 6.50. The summed E-state index contributed by atoms with van der Waals surface area (Å²) in [6.45, 7) is 5.27. The molecule has 0 aliphatic heterocycles. The molecule has 1 aromatic carbocycles. The molecule has 0 aliphatic carbocycles. The smallest absolute Gasteiger partial charge is 0.257 e. The second kappa shape index (κ2) is 6.29. The van der Waals surface area contributed by atoms with Gasteiger partial charge in [0.2, 0.25) is 0 Å². The third-order valence-corrected chi connectivity index (χ3v) is 4.30. The number of carbonyl (C=O) groups is 1. The van der Waals surface area contributed by atoms with Crippen molar-refractivity contribution in [3.05, 3.63) is 40.2 Å². The maximum atomic E-state index is 12.6. The van der Waals surface area contributed by atoms with Gasteiger partial charge in [0, 0.05) is 29.1 Å². The predicted octanol–water partition coefficient (Wildman–Crippen LogP) is 4.13. The summed E-state index contributed by atoms with van der Waals surface area (Å²) in [7, 11) is 0. The molecule has 1 amide bonds. The molecule has 0 saturated heterocycles. The molecule has 106 valence electrons. The zero-order valence-electron chi connectivity index (χ0n) is 11.5. The van der Waals surface area contributed by atoms with Crippen LogP contribution in [0.15, 0.2) is 29.6 Å². The molecule has 0 atom stereocenters. The average Bonchev–Trinajstić information content (AvgIpc) is 2.82. The van der Waals surface area contributed by atoms with E-state index in [0.717, 1.165) is 11.1 Å². The summed E-state index contributed by atoms with van der Waals surface area (Å²) in [5.74, 6) is -0.0151. The van der Waals surface area contributed by atoms with Crippen LogP contribution in [0.1, 0.15) is 24.2 Å². The van der Waals surface area contributed by atoms with E-state index in [1.807, 2.05) is 43.5 Å². The minimum absolute atomic E-state index is 0.0151. The maximum absolute atomic E-state index is 12.6. The van der Waals surface area contributed by atoms with Crippen molar-refractivity contribution >= 4 is 33.8 Å². The van der Waals surface area contributed by atoms with E-state index >= 15 is 0 Å². The number of benzene rings is 1. The molecule has 0 spiro atoms. The molecule has 1 aromatic heterocycles. The lowest BCUT2D eigenvalue weighted by Crippen LogP contribution is -2.31. The number of nitrogen functional groups attached to an aromatic ring is 1. The van der Waals surface area contributed by atoms with E-state index in [0.29, 0.717) is 28.7 Å². The molecule has 0 bridgehead atoms. The number of halogens is 1. The number of amides is 1. The van der Waals surface area contributed by atoms with Gasteiger partial charge >= 0.3 is 0 Å². The first-order valence-corrected chi connectivity index (χ1v) is 7.76. The lowest BCUT2D eigenvalue weighted by Gasteiger charge is -2.19. The van der Waals surface area contributed by atoms with Gasteiger partial charge < -0.3 is 10.6 Å². The normalized spacial score (nSPS) is 10.6. The Morgan fingerprint density at radius 1 is 1.25 bits per heavy atom. The van der Waals surface area contributed by atoms with Gasteiger partial charge in [0.05, 0.1) is 10.6 Å². The average molecular weight is 309 g/mol. The Bertz CT molecular complexity index is 603. The largest absolute Gasteiger partial charge is 0.390 e. The number of anilines is 1. The molecular formula is C15H17ClN2OS. The highest BCUT2D eigenvalue weighted by Crippen LogP contribution is 2.35. The van der Waals surface area contributed by atoms with Crippen molar-refractivity contribution < 1.29 is 4.79 Å². The van der Waals surface area contributed by atoms with Crippen LogP contribution < -0.4 is 5.73 Å². The zero-order valence-corrected chi connectivity index (χ0v) is 13.1. The number of hydrogen-bond donors (Lipinski definition) is 1. The van der Waals surface area contributed by atoms with Crippen LogP contribution in [0.25, 0.3) is 11.1 Å². The van der Waals surface area contributed by atoms with Gasteiger partial charge in [0.1, 0.15) is 0 Å². The molecular weight excluding hydrogens is 292 g/mol. The Balaban J connectivity index is 2.47. The van der Waals surface area contributed by atoms with E-state index in [2.05, 4.69) is 0 Å². The molecule has 2 N–H and O–H groups in total. The molecule has 0 fully saturated rings. The van der Waals surface area contributed by atoms with Crippen LogP contribution in [0.2, 0.25) is 5.02 Å². The zero-order chi connectivity index (χ0) is 14.7. The highest BCUT2D eigenvalue weighted by atomic mass is 35.5. The molecule has 1 heterocycles. The summed E-state index contributed by atoms with van der Waals surface area (Å²) in [6.07, 6.45) is 0. The van der Waals surface area contributed by atoms with Crippen LogP contribution in [0.4, 0.5) is 5.00 Å². The van der Waals surface area contributed by atoms with Crippen LogP contribution in [0, 0.1) is 0 Å². The monoisotopic (exact) mass is 308 g/mol. The number of rotatable bonds is 4. The topological polar surface area (TPSA) is 46.3 Å². The summed E-state index contributed by atoms with van der Waals surface area (Å²) in [5, 5.41) is 3.16. The lowest BCUT2D eigenvalue weighted by atomic mass is 10.0. The molecule has 0 radical (unpaired) electrons. The van der Waals surface area contributed by atoms with Crippen molar-refractivity contribution in [2.45, 2.75) is 13.8 Å². The third kappa shape index (κ3) is 2.81. The molecule has 5 heteroatoms. The first-order chi connectivity index (χ1) is 9.58. The fourth-order valence-corrected chi connectivity index (χ4v) is 3.04. The van der Waals surface area contributed by atoms with Crippen molar-refractivity contribution in [3.63, 3.8) is 0 Å². The van der Waals surface area contributed by atoms with Crippen LogP contribution in [-0.2, 0) is 0 Å². The van der Waals surface area contributed by atoms with E-state index in [4.69, 9.17) is 17.3 Å². The van der Waals surface area contributed by atoms with Crippen molar-refractivity contribution in [2.75, 3.05) is 18.8 Å². The number of thiophene rings is 1. The van der Waals surface area contributed by atoms with Gasteiger partial charge in [0.25, 0.3) is 5.91 Å². The summed E-state index contributed by atoms with van der Waals surface area (Å²) in [4.78, 5) is 14.4. The van der Waals surface area contributed by atoms with Crippen LogP contribution in [-0.4, -0.2) is 23.9 Å². The highest BCUT2D eigenvalue weighted by Gasteiger charge is 2.22. The summed E-state index contributed by atoms with van der Waals surface area (Å²) in [6, 6.07) is 7.44. The second-order valence-electron chi connectivity index (χ2n) is 4.37. The fraction of sp³-hybridized carbons (Fsp3) is 0.267. The molecule has 2 rings (SSSR count). The van der Waals surface area contributed by atoms with Crippen LogP contribution >= 0.6 is 22.9 Å². The van der Waals surface area contributed by atoms with E-state index in [-0.39, 0.29) is 5.91 Å².